The van der Waals surface area contributed by atoms with Gasteiger partial charge in [-0.1, -0.05) is 50.6 Å². The fourth-order valence-electron chi connectivity index (χ4n) is 2.56. The Bertz CT molecular complexity index is 451. The van der Waals surface area contributed by atoms with E-state index in [1.807, 2.05) is 36.0 Å². The van der Waals surface area contributed by atoms with Crippen LogP contribution >= 0.6 is 23.4 Å². The molecule has 0 aromatic heterocycles. The van der Waals surface area contributed by atoms with E-state index in [1.165, 1.54) is 38.5 Å². The van der Waals surface area contributed by atoms with Crippen molar-refractivity contribution in [2.24, 2.45) is 0 Å². The monoisotopic (exact) mass is 324 g/mol. The van der Waals surface area contributed by atoms with E-state index in [0.29, 0.717) is 10.8 Å². The average molecular weight is 325 g/mol. The molecule has 1 aliphatic rings. The summed E-state index contributed by atoms with van der Waals surface area (Å²) in [5, 5.41) is 0.691. The molecule has 1 aromatic rings. The number of hydrogen-bond donors (Lipinski definition) is 0. The third-order valence-electron chi connectivity index (χ3n) is 4.10. The van der Waals surface area contributed by atoms with Gasteiger partial charge in [-0.25, -0.2) is 0 Å². The predicted molar refractivity (Wildman–Crippen MR) is 93.6 cm³/mol. The fraction of sp³-hybridized carbons (Fsp3) is 0.611. The van der Waals surface area contributed by atoms with Crippen LogP contribution in [0.1, 0.15) is 68.6 Å². The van der Waals surface area contributed by atoms with Crippen molar-refractivity contribution in [2.75, 3.05) is 5.75 Å². The standard InChI is InChI=1S/C18H25ClOS/c1-2-3-4-5-6-7-14-21-18(12-13-18)17(20)15-8-10-16(19)11-9-15/h8-11H,2-7,12-14H2,1H3. The lowest BCUT2D eigenvalue weighted by Crippen LogP contribution is -2.19. The van der Waals surface area contributed by atoms with E-state index >= 15 is 0 Å². The molecule has 0 unspecified atom stereocenters. The lowest BCUT2D eigenvalue weighted by atomic mass is 10.1. The van der Waals surface area contributed by atoms with Gasteiger partial charge in [0, 0.05) is 10.6 Å². The van der Waals surface area contributed by atoms with Crippen LogP contribution in [0.15, 0.2) is 24.3 Å². The van der Waals surface area contributed by atoms with Crippen LogP contribution in [-0.4, -0.2) is 16.3 Å². The molecule has 2 rings (SSSR count). The summed E-state index contributed by atoms with van der Waals surface area (Å²) in [5.74, 6) is 1.42. The van der Waals surface area contributed by atoms with Crippen molar-refractivity contribution in [1.82, 2.24) is 0 Å². The van der Waals surface area contributed by atoms with Crippen LogP contribution in [-0.2, 0) is 0 Å². The molecule has 0 amide bonds. The molecule has 1 aromatic carbocycles. The maximum absolute atomic E-state index is 12.6. The van der Waals surface area contributed by atoms with E-state index in [0.717, 1.165) is 24.2 Å². The van der Waals surface area contributed by atoms with Crippen molar-refractivity contribution in [3.63, 3.8) is 0 Å². The molecule has 1 fully saturated rings. The summed E-state index contributed by atoms with van der Waals surface area (Å²) in [6.07, 6.45) is 9.97. The molecule has 0 saturated heterocycles. The van der Waals surface area contributed by atoms with E-state index in [2.05, 4.69) is 6.92 Å². The highest BCUT2D eigenvalue weighted by Crippen LogP contribution is 2.51. The van der Waals surface area contributed by atoms with Gasteiger partial charge in [-0.15, -0.1) is 11.8 Å². The molecule has 0 spiro atoms. The Morgan fingerprint density at radius 2 is 1.71 bits per heavy atom. The van der Waals surface area contributed by atoms with Gasteiger partial charge in [0.1, 0.15) is 0 Å². The molecule has 0 heterocycles. The Balaban J connectivity index is 1.72. The van der Waals surface area contributed by atoms with Crippen LogP contribution in [0.25, 0.3) is 0 Å². The topological polar surface area (TPSA) is 17.1 Å². The van der Waals surface area contributed by atoms with Crippen LogP contribution in [0.4, 0.5) is 0 Å². The van der Waals surface area contributed by atoms with E-state index in [4.69, 9.17) is 11.6 Å². The zero-order chi connectivity index (χ0) is 15.1. The van der Waals surface area contributed by atoms with Gasteiger partial charge < -0.3 is 0 Å². The number of halogens is 1. The van der Waals surface area contributed by atoms with Crippen molar-refractivity contribution in [3.05, 3.63) is 34.9 Å². The van der Waals surface area contributed by atoms with Gasteiger partial charge >= 0.3 is 0 Å². The van der Waals surface area contributed by atoms with Gasteiger partial charge in [0.2, 0.25) is 0 Å². The normalized spacial score (nSPS) is 15.9. The van der Waals surface area contributed by atoms with Crippen molar-refractivity contribution in [1.29, 1.82) is 0 Å². The second-order valence-corrected chi connectivity index (χ2v) is 7.86. The van der Waals surface area contributed by atoms with Crippen molar-refractivity contribution in [3.8, 4) is 0 Å². The molecule has 1 saturated carbocycles. The Morgan fingerprint density at radius 3 is 2.33 bits per heavy atom. The zero-order valence-corrected chi connectivity index (χ0v) is 14.4. The van der Waals surface area contributed by atoms with Crippen LogP contribution < -0.4 is 0 Å². The van der Waals surface area contributed by atoms with Gasteiger partial charge in [0.05, 0.1) is 4.75 Å². The molecule has 1 aliphatic carbocycles. The van der Waals surface area contributed by atoms with Crippen LogP contribution in [0.2, 0.25) is 5.02 Å². The molecule has 0 radical (unpaired) electrons. The minimum Gasteiger partial charge on any atom is -0.293 e. The number of rotatable bonds is 10. The number of Topliss-reactive ketones (excluding diaryl/α,β-unsaturated/α-hetero) is 1. The van der Waals surface area contributed by atoms with Crippen LogP contribution in [0.3, 0.4) is 0 Å². The lowest BCUT2D eigenvalue weighted by Gasteiger charge is -2.13. The molecule has 1 nitrogen and oxygen atoms in total. The molecule has 0 aliphatic heterocycles. The summed E-state index contributed by atoms with van der Waals surface area (Å²) < 4.78 is -0.114. The summed E-state index contributed by atoms with van der Waals surface area (Å²) in [6.45, 7) is 2.25. The largest absolute Gasteiger partial charge is 0.293 e. The first-order valence-corrected chi connectivity index (χ1v) is 9.49. The quantitative estimate of drug-likeness (QED) is 0.379. The predicted octanol–water partition coefficient (Wildman–Crippen LogP) is 6.15. The lowest BCUT2D eigenvalue weighted by molar-refractivity contribution is 0.0981. The summed E-state index contributed by atoms with van der Waals surface area (Å²) in [6, 6.07) is 7.33. The van der Waals surface area contributed by atoms with Gasteiger partial charge in [0.25, 0.3) is 0 Å². The number of carbonyl (C=O) groups excluding carboxylic acids is 1. The first kappa shape index (κ1) is 16.9. The highest BCUT2D eigenvalue weighted by Gasteiger charge is 2.50. The molecular weight excluding hydrogens is 300 g/mol. The molecule has 21 heavy (non-hydrogen) atoms. The SMILES string of the molecule is CCCCCCCCSC1(C(=O)c2ccc(Cl)cc2)CC1. The fourth-order valence-corrected chi connectivity index (χ4v) is 4.07. The number of benzene rings is 1. The van der Waals surface area contributed by atoms with E-state index in [1.54, 1.807) is 0 Å². The minimum atomic E-state index is -0.114. The molecule has 0 atom stereocenters. The Morgan fingerprint density at radius 1 is 1.10 bits per heavy atom. The number of unbranched alkanes of at least 4 members (excludes halogenated alkanes) is 5. The average Bonchev–Trinajstić information content (AvgIpc) is 3.27. The first-order chi connectivity index (χ1) is 10.2. The third kappa shape index (κ3) is 5.03. The number of ketones is 1. The smallest absolute Gasteiger partial charge is 0.178 e. The first-order valence-electron chi connectivity index (χ1n) is 8.12. The van der Waals surface area contributed by atoms with Crippen molar-refractivity contribution < 1.29 is 4.79 Å². The highest BCUT2D eigenvalue weighted by atomic mass is 35.5. The molecule has 0 N–H and O–H groups in total. The Labute approximate surface area is 137 Å². The second-order valence-electron chi connectivity index (χ2n) is 5.95. The van der Waals surface area contributed by atoms with E-state index < -0.39 is 0 Å². The number of thioether (sulfide) groups is 1. The second kappa shape index (κ2) is 8.24. The third-order valence-corrected chi connectivity index (χ3v) is 5.99. The summed E-state index contributed by atoms with van der Waals surface area (Å²) in [5.41, 5.74) is 0.812. The Hall–Kier alpha value is -0.470. The van der Waals surface area contributed by atoms with E-state index in [-0.39, 0.29) is 4.75 Å². The maximum atomic E-state index is 12.6. The van der Waals surface area contributed by atoms with Crippen molar-refractivity contribution >= 4 is 29.1 Å². The number of carbonyl (C=O) groups is 1. The van der Waals surface area contributed by atoms with Crippen LogP contribution in [0, 0.1) is 0 Å². The molecule has 3 heteroatoms. The van der Waals surface area contributed by atoms with Gasteiger partial charge in [-0.2, -0.15) is 0 Å². The molecule has 0 bridgehead atoms. The molecule has 116 valence electrons. The van der Waals surface area contributed by atoms with Gasteiger partial charge in [0.15, 0.2) is 5.78 Å². The van der Waals surface area contributed by atoms with Gasteiger partial charge in [-0.3, -0.25) is 4.79 Å². The summed E-state index contributed by atoms with van der Waals surface area (Å²) in [7, 11) is 0. The Kier molecular flexibility index (Phi) is 6.63. The van der Waals surface area contributed by atoms with Crippen molar-refractivity contribution in [2.45, 2.75) is 63.0 Å². The van der Waals surface area contributed by atoms with Crippen LogP contribution in [0.5, 0.6) is 0 Å². The molecular formula is C18H25ClOS. The van der Waals surface area contributed by atoms with E-state index in [9.17, 15) is 4.79 Å². The number of hydrogen-bond acceptors (Lipinski definition) is 2. The van der Waals surface area contributed by atoms with Gasteiger partial charge in [-0.05, 0) is 49.3 Å². The summed E-state index contributed by atoms with van der Waals surface area (Å²) >= 11 is 7.76. The highest BCUT2D eigenvalue weighted by molar-refractivity contribution is 8.01. The zero-order valence-electron chi connectivity index (χ0n) is 12.9. The maximum Gasteiger partial charge on any atom is 0.178 e. The minimum absolute atomic E-state index is 0.114. The summed E-state index contributed by atoms with van der Waals surface area (Å²) in [4.78, 5) is 12.6.